The standard InChI is InChI=1S/C48H74P2/c1-30-2-3-43(28-49(45-16-31-4-32(17-45)6-33(5-31)18-45)46-19-34-7-35(20-46)9-36(8-34)21-46)44(30)29-50(47-22-37-10-38(23-47)12-39(11-37)24-47)48-25-40-13-41(26-48)15-42(14-40)27-48/h30-44H,2-29H2,1H3. The van der Waals surface area contributed by atoms with Crippen molar-refractivity contribution in [2.75, 3.05) is 12.3 Å². The molecular formula is C48H74P2. The van der Waals surface area contributed by atoms with Crippen LogP contribution in [0.15, 0.2) is 0 Å². The molecule has 17 saturated carbocycles. The Morgan fingerprint density at radius 3 is 0.840 bits per heavy atom. The molecule has 16 bridgehead atoms. The highest BCUT2D eigenvalue weighted by molar-refractivity contribution is 7.61. The van der Waals surface area contributed by atoms with Crippen molar-refractivity contribution >= 4 is 15.8 Å². The first-order chi connectivity index (χ1) is 24.3. The Morgan fingerprint density at radius 1 is 0.340 bits per heavy atom. The van der Waals surface area contributed by atoms with Crippen LogP contribution in [0.3, 0.4) is 0 Å². The van der Waals surface area contributed by atoms with E-state index in [1.165, 1.54) is 0 Å². The normalized spacial score (nSPS) is 62.9. The lowest BCUT2D eigenvalue weighted by Gasteiger charge is -2.68. The molecule has 0 aromatic heterocycles. The van der Waals surface area contributed by atoms with Crippen LogP contribution in [0, 0.1) is 88.8 Å². The summed E-state index contributed by atoms with van der Waals surface area (Å²) in [6.45, 7) is 2.84. The molecular weight excluding hydrogens is 638 g/mol. The summed E-state index contributed by atoms with van der Waals surface area (Å²) in [6, 6.07) is 0. The van der Waals surface area contributed by atoms with Crippen LogP contribution < -0.4 is 0 Å². The van der Waals surface area contributed by atoms with Gasteiger partial charge in [-0.25, -0.2) is 0 Å². The van der Waals surface area contributed by atoms with E-state index < -0.39 is 0 Å². The van der Waals surface area contributed by atoms with Gasteiger partial charge in [0.1, 0.15) is 0 Å². The summed E-state index contributed by atoms with van der Waals surface area (Å²) in [5, 5.41) is 3.37. The lowest BCUT2D eigenvalue weighted by atomic mass is 9.55. The van der Waals surface area contributed by atoms with E-state index in [0.29, 0.717) is 0 Å². The van der Waals surface area contributed by atoms with Gasteiger partial charge < -0.3 is 0 Å². The van der Waals surface area contributed by atoms with Gasteiger partial charge in [-0.15, -0.1) is 0 Å². The zero-order chi connectivity index (χ0) is 32.6. The maximum atomic E-state index is 2.84. The average Bonchev–Trinajstić information content (AvgIpc) is 3.38. The van der Waals surface area contributed by atoms with E-state index in [0.717, 1.165) is 109 Å². The Bertz CT molecular complexity index is 1140. The molecule has 0 saturated heterocycles. The Morgan fingerprint density at radius 2 is 0.580 bits per heavy atom. The molecule has 17 aliphatic rings. The van der Waals surface area contributed by atoms with Gasteiger partial charge >= 0.3 is 0 Å². The zero-order valence-electron chi connectivity index (χ0n) is 32.4. The monoisotopic (exact) mass is 713 g/mol. The second kappa shape index (κ2) is 11.0. The maximum Gasteiger partial charge on any atom is -0.00814 e. The Labute approximate surface area is 310 Å². The van der Waals surface area contributed by atoms with Crippen LogP contribution in [0.1, 0.15) is 174 Å². The van der Waals surface area contributed by atoms with Crippen molar-refractivity contribution in [3.8, 4) is 0 Å². The van der Waals surface area contributed by atoms with E-state index in [1.54, 1.807) is 179 Å². The average molecular weight is 713 g/mol. The molecule has 0 nitrogen and oxygen atoms in total. The molecule has 2 heteroatoms. The van der Waals surface area contributed by atoms with Crippen molar-refractivity contribution in [2.24, 2.45) is 88.8 Å². The predicted octanol–water partition coefficient (Wildman–Crippen LogP) is 13.5. The Balaban J connectivity index is 0.872. The highest BCUT2D eigenvalue weighted by Gasteiger charge is 2.65. The van der Waals surface area contributed by atoms with Gasteiger partial charge in [0, 0.05) is 0 Å². The fourth-order valence-corrected chi connectivity index (χ4v) is 33.0. The van der Waals surface area contributed by atoms with Gasteiger partial charge in [0.05, 0.1) is 0 Å². The van der Waals surface area contributed by atoms with E-state index in [9.17, 15) is 0 Å². The molecule has 276 valence electrons. The first kappa shape index (κ1) is 32.0. The van der Waals surface area contributed by atoms with Crippen LogP contribution in [0.2, 0.25) is 0 Å². The number of hydrogen-bond donors (Lipinski definition) is 0. The van der Waals surface area contributed by atoms with Crippen LogP contribution in [0.4, 0.5) is 0 Å². The summed E-state index contributed by atoms with van der Waals surface area (Å²) in [6.07, 6.45) is 47.5. The van der Waals surface area contributed by atoms with Gasteiger partial charge in [-0.2, -0.15) is 0 Å². The van der Waals surface area contributed by atoms with Crippen LogP contribution in [0.25, 0.3) is 0 Å². The highest BCUT2D eigenvalue weighted by Crippen LogP contribution is 2.82. The fraction of sp³-hybridized carbons (Fsp3) is 1.00. The van der Waals surface area contributed by atoms with E-state index in [-0.39, 0.29) is 15.8 Å². The number of hydrogen-bond acceptors (Lipinski definition) is 0. The van der Waals surface area contributed by atoms with Crippen molar-refractivity contribution in [3.63, 3.8) is 0 Å². The first-order valence-corrected chi connectivity index (χ1v) is 26.9. The molecule has 50 heavy (non-hydrogen) atoms. The van der Waals surface area contributed by atoms with E-state index in [4.69, 9.17) is 0 Å². The SMILES string of the molecule is CC1CCC(CP(C23CC4CC(CC(C4)C2)C3)C23CC4CC(CC(C4)C2)C3)C1CP(C12CC3CC(CC(C3)C1)C2)C12CC3CC(CC(C3)C1)C2. The van der Waals surface area contributed by atoms with Gasteiger partial charge in [0.15, 0.2) is 0 Å². The molecule has 17 rings (SSSR count). The summed E-state index contributed by atoms with van der Waals surface area (Å²) in [5.41, 5.74) is 0. The van der Waals surface area contributed by atoms with Crippen molar-refractivity contribution < 1.29 is 0 Å². The second-order valence-electron chi connectivity index (χ2n) is 24.8. The van der Waals surface area contributed by atoms with Crippen molar-refractivity contribution in [2.45, 2.75) is 194 Å². The molecule has 0 aliphatic heterocycles. The minimum absolute atomic E-state index is 0.155. The van der Waals surface area contributed by atoms with Crippen LogP contribution >= 0.6 is 15.8 Å². The zero-order valence-corrected chi connectivity index (χ0v) is 34.1. The summed E-state index contributed by atoms with van der Waals surface area (Å²) in [7, 11) is 0.318. The van der Waals surface area contributed by atoms with Crippen molar-refractivity contribution in [3.05, 3.63) is 0 Å². The first-order valence-electron chi connectivity index (χ1n) is 23.8. The van der Waals surface area contributed by atoms with Gasteiger partial charge in [-0.05, 0) is 282 Å². The lowest BCUT2D eigenvalue weighted by molar-refractivity contribution is 0.0174. The van der Waals surface area contributed by atoms with Crippen molar-refractivity contribution in [1.29, 1.82) is 0 Å². The summed E-state index contributed by atoms with van der Waals surface area (Å²) in [5.74, 6) is 17.1. The lowest BCUT2D eigenvalue weighted by Crippen LogP contribution is -2.57. The van der Waals surface area contributed by atoms with Crippen molar-refractivity contribution in [1.82, 2.24) is 0 Å². The molecule has 0 heterocycles. The van der Waals surface area contributed by atoms with Crippen LogP contribution in [-0.4, -0.2) is 32.9 Å². The van der Waals surface area contributed by atoms with E-state index >= 15 is 0 Å². The van der Waals surface area contributed by atoms with Gasteiger partial charge in [-0.1, -0.05) is 29.2 Å². The molecule has 3 atom stereocenters. The van der Waals surface area contributed by atoms with Gasteiger partial charge in [-0.3, -0.25) is 0 Å². The molecule has 0 aromatic carbocycles. The number of rotatable bonds is 8. The maximum absolute atomic E-state index is 2.84. The van der Waals surface area contributed by atoms with Gasteiger partial charge in [0.25, 0.3) is 0 Å². The highest BCUT2D eigenvalue weighted by atomic mass is 31.1. The quantitative estimate of drug-likeness (QED) is 0.220. The van der Waals surface area contributed by atoms with Gasteiger partial charge in [0.2, 0.25) is 0 Å². The summed E-state index contributed by atoms with van der Waals surface area (Å²) < 4.78 is 0. The Hall–Kier alpha value is 0.860. The molecule has 3 unspecified atom stereocenters. The molecule has 0 spiro atoms. The van der Waals surface area contributed by atoms with Crippen LogP contribution in [0.5, 0.6) is 0 Å². The third kappa shape index (κ3) is 4.73. The third-order valence-corrected chi connectivity index (χ3v) is 29.8. The largest absolute Gasteiger partial charge is 0.0936 e. The van der Waals surface area contributed by atoms with E-state index in [2.05, 4.69) is 6.92 Å². The summed E-state index contributed by atoms with van der Waals surface area (Å²) >= 11 is 0. The molecule has 17 fully saturated rings. The second-order valence-corrected chi connectivity index (χ2v) is 31.0. The smallest absolute Gasteiger partial charge is 0.00814 e. The molecule has 17 aliphatic carbocycles. The molecule has 0 amide bonds. The predicted molar refractivity (Wildman–Crippen MR) is 213 cm³/mol. The molecule has 0 N–H and O–H groups in total. The van der Waals surface area contributed by atoms with Crippen LogP contribution in [-0.2, 0) is 0 Å². The fourth-order valence-electron chi connectivity index (χ4n) is 21.7. The molecule has 0 radical (unpaired) electrons. The Kier molecular flexibility index (Phi) is 7.06. The minimum atomic E-state index is 0.155. The molecule has 0 aromatic rings. The third-order valence-electron chi connectivity index (χ3n) is 21.5. The topological polar surface area (TPSA) is 0 Å². The summed E-state index contributed by atoms with van der Waals surface area (Å²) in [4.78, 5) is 0. The minimum Gasteiger partial charge on any atom is -0.0936 e. The van der Waals surface area contributed by atoms with E-state index in [1.807, 2.05) is 0 Å².